The minimum Gasteiger partial charge on any atom is -0.0984 e. The number of hydrogen-bond acceptors (Lipinski definition) is 0. The Kier molecular flexibility index (Phi) is 2.68. The van der Waals surface area contributed by atoms with E-state index in [0.29, 0.717) is 0 Å². The fourth-order valence-electron chi connectivity index (χ4n) is 1.82. The van der Waals surface area contributed by atoms with E-state index in [2.05, 4.69) is 56.0 Å². The summed E-state index contributed by atoms with van der Waals surface area (Å²) >= 11 is 0. The predicted molar refractivity (Wildman–Crippen MR) is 66.7 cm³/mol. The van der Waals surface area contributed by atoms with Gasteiger partial charge in [-0.1, -0.05) is 61.2 Å². The Balaban J connectivity index is 2.63. The van der Waals surface area contributed by atoms with Gasteiger partial charge in [-0.15, -0.1) is 0 Å². The molecular formula is C15H14. The summed E-state index contributed by atoms with van der Waals surface area (Å²) < 4.78 is 0. The zero-order valence-electron chi connectivity index (χ0n) is 8.90. The molecule has 0 aliphatic rings. The Hall–Kier alpha value is -1.82. The van der Waals surface area contributed by atoms with Crippen LogP contribution in [0.4, 0.5) is 0 Å². The molecule has 2 aromatic rings. The van der Waals surface area contributed by atoms with Crippen LogP contribution < -0.4 is 0 Å². The van der Waals surface area contributed by atoms with Crippen LogP contribution in [0.15, 0.2) is 55.1 Å². The van der Waals surface area contributed by atoms with Crippen molar-refractivity contribution in [2.45, 2.75) is 6.92 Å². The fraction of sp³-hybridized carbons (Fsp3) is 0.0667. The molecule has 15 heavy (non-hydrogen) atoms. The largest absolute Gasteiger partial charge is 0.0984 e. The predicted octanol–water partition coefficient (Wildman–Crippen LogP) is 4.31. The van der Waals surface area contributed by atoms with Gasteiger partial charge in [0.15, 0.2) is 0 Å². The maximum absolute atomic E-state index is 3.88. The third kappa shape index (κ3) is 1.84. The Morgan fingerprint density at radius 1 is 0.933 bits per heavy atom. The smallest absolute Gasteiger partial charge is 0.0109 e. The first kappa shape index (κ1) is 9.72. The van der Waals surface area contributed by atoms with E-state index < -0.39 is 0 Å². The topological polar surface area (TPSA) is 0 Å². The normalized spacial score (nSPS) is 9.93. The highest BCUT2D eigenvalue weighted by Crippen LogP contribution is 2.26. The van der Waals surface area contributed by atoms with Gasteiger partial charge in [-0.2, -0.15) is 0 Å². The van der Waals surface area contributed by atoms with Crippen LogP contribution in [-0.2, 0) is 0 Å². The number of benzene rings is 2. The number of aryl methyl sites for hydroxylation is 1. The van der Waals surface area contributed by atoms with Gasteiger partial charge in [-0.05, 0) is 29.2 Å². The monoisotopic (exact) mass is 194 g/mol. The Morgan fingerprint density at radius 2 is 1.67 bits per heavy atom. The third-order valence-electron chi connectivity index (χ3n) is 2.61. The maximum Gasteiger partial charge on any atom is -0.0109 e. The highest BCUT2D eigenvalue weighted by molar-refractivity contribution is 5.76. The lowest BCUT2D eigenvalue weighted by molar-refractivity contribution is 1.44. The summed E-state index contributed by atoms with van der Waals surface area (Å²) in [5.41, 5.74) is 5.00. The highest BCUT2D eigenvalue weighted by atomic mass is 14.1. The second-order valence-corrected chi connectivity index (χ2v) is 3.61. The molecule has 2 rings (SSSR count). The summed E-state index contributed by atoms with van der Waals surface area (Å²) in [6, 6.07) is 16.7. The zero-order valence-corrected chi connectivity index (χ0v) is 8.90. The standard InChI is InChI=1S/C15H14/c1-3-14-12(2)8-7-11-15(14)13-9-5-4-6-10-13/h3-11H,1H2,2H3. The van der Waals surface area contributed by atoms with Gasteiger partial charge in [0.1, 0.15) is 0 Å². The zero-order chi connectivity index (χ0) is 10.7. The molecule has 0 aliphatic carbocycles. The van der Waals surface area contributed by atoms with Gasteiger partial charge in [0.05, 0.1) is 0 Å². The van der Waals surface area contributed by atoms with Crippen LogP contribution >= 0.6 is 0 Å². The van der Waals surface area contributed by atoms with E-state index in [1.54, 1.807) is 0 Å². The molecule has 0 unspecified atom stereocenters. The molecule has 0 heterocycles. The van der Waals surface area contributed by atoms with Crippen molar-refractivity contribution >= 4 is 6.08 Å². The third-order valence-corrected chi connectivity index (χ3v) is 2.61. The maximum atomic E-state index is 3.88. The van der Waals surface area contributed by atoms with Crippen LogP contribution in [0, 0.1) is 6.92 Å². The average molecular weight is 194 g/mol. The summed E-state index contributed by atoms with van der Waals surface area (Å²) in [4.78, 5) is 0. The van der Waals surface area contributed by atoms with Crippen molar-refractivity contribution in [3.05, 3.63) is 66.2 Å². The molecule has 0 N–H and O–H groups in total. The fourth-order valence-corrected chi connectivity index (χ4v) is 1.82. The lowest BCUT2D eigenvalue weighted by Gasteiger charge is -2.08. The van der Waals surface area contributed by atoms with E-state index in [1.165, 1.54) is 22.3 Å². The Bertz CT molecular complexity index is 467. The SMILES string of the molecule is C=Cc1c(C)cccc1-c1ccccc1. The lowest BCUT2D eigenvalue weighted by Crippen LogP contribution is -1.86. The molecule has 0 aliphatic heterocycles. The number of hydrogen-bond donors (Lipinski definition) is 0. The molecule has 0 saturated heterocycles. The van der Waals surface area contributed by atoms with Crippen LogP contribution in [0.25, 0.3) is 17.2 Å². The van der Waals surface area contributed by atoms with Crippen LogP contribution in [0.5, 0.6) is 0 Å². The van der Waals surface area contributed by atoms with E-state index in [9.17, 15) is 0 Å². The molecule has 2 aromatic carbocycles. The van der Waals surface area contributed by atoms with Gasteiger partial charge in [-0.3, -0.25) is 0 Å². The van der Waals surface area contributed by atoms with Crippen molar-refractivity contribution in [2.75, 3.05) is 0 Å². The van der Waals surface area contributed by atoms with Gasteiger partial charge in [0.25, 0.3) is 0 Å². The molecule has 0 nitrogen and oxygen atoms in total. The van der Waals surface area contributed by atoms with E-state index in [-0.39, 0.29) is 0 Å². The van der Waals surface area contributed by atoms with Crippen LogP contribution in [0.1, 0.15) is 11.1 Å². The van der Waals surface area contributed by atoms with Gasteiger partial charge in [0, 0.05) is 0 Å². The quantitative estimate of drug-likeness (QED) is 0.668. The van der Waals surface area contributed by atoms with Gasteiger partial charge in [-0.25, -0.2) is 0 Å². The molecule has 0 saturated carbocycles. The van der Waals surface area contributed by atoms with E-state index in [4.69, 9.17) is 0 Å². The van der Waals surface area contributed by atoms with Crippen molar-refractivity contribution in [1.82, 2.24) is 0 Å². The van der Waals surface area contributed by atoms with Gasteiger partial charge >= 0.3 is 0 Å². The first-order valence-corrected chi connectivity index (χ1v) is 5.10. The lowest BCUT2D eigenvalue weighted by atomic mass is 9.96. The van der Waals surface area contributed by atoms with Crippen molar-refractivity contribution in [3.63, 3.8) is 0 Å². The molecule has 0 fully saturated rings. The summed E-state index contributed by atoms with van der Waals surface area (Å²) in [5.74, 6) is 0. The second kappa shape index (κ2) is 4.14. The molecule has 0 atom stereocenters. The molecule has 74 valence electrons. The summed E-state index contributed by atoms with van der Waals surface area (Å²) in [6.07, 6.45) is 1.93. The summed E-state index contributed by atoms with van der Waals surface area (Å²) in [5, 5.41) is 0. The van der Waals surface area contributed by atoms with Gasteiger partial charge in [0.2, 0.25) is 0 Å². The summed E-state index contributed by atoms with van der Waals surface area (Å²) in [7, 11) is 0. The van der Waals surface area contributed by atoms with Crippen LogP contribution in [0.2, 0.25) is 0 Å². The average Bonchev–Trinajstić information content (AvgIpc) is 2.30. The first-order chi connectivity index (χ1) is 7.33. The Labute approximate surface area is 90.9 Å². The molecule has 0 heteroatoms. The minimum atomic E-state index is 1.23. The van der Waals surface area contributed by atoms with Crippen molar-refractivity contribution in [2.24, 2.45) is 0 Å². The second-order valence-electron chi connectivity index (χ2n) is 3.61. The van der Waals surface area contributed by atoms with E-state index in [0.717, 1.165) is 0 Å². The molecule has 0 spiro atoms. The molecule has 0 radical (unpaired) electrons. The molecule has 0 bridgehead atoms. The van der Waals surface area contributed by atoms with Crippen molar-refractivity contribution < 1.29 is 0 Å². The minimum absolute atomic E-state index is 1.23. The van der Waals surface area contributed by atoms with Gasteiger partial charge < -0.3 is 0 Å². The van der Waals surface area contributed by atoms with E-state index >= 15 is 0 Å². The first-order valence-electron chi connectivity index (χ1n) is 5.10. The molecular weight excluding hydrogens is 180 g/mol. The molecule has 0 aromatic heterocycles. The summed E-state index contributed by atoms with van der Waals surface area (Å²) in [6.45, 7) is 5.99. The van der Waals surface area contributed by atoms with Crippen molar-refractivity contribution in [3.8, 4) is 11.1 Å². The van der Waals surface area contributed by atoms with E-state index in [1.807, 2.05) is 12.1 Å². The van der Waals surface area contributed by atoms with Crippen LogP contribution in [-0.4, -0.2) is 0 Å². The number of rotatable bonds is 2. The molecule has 0 amide bonds. The van der Waals surface area contributed by atoms with Crippen LogP contribution in [0.3, 0.4) is 0 Å². The highest BCUT2D eigenvalue weighted by Gasteiger charge is 2.03. The Morgan fingerprint density at radius 3 is 2.33 bits per heavy atom. The van der Waals surface area contributed by atoms with Crippen molar-refractivity contribution in [1.29, 1.82) is 0 Å².